The average Bonchev–Trinajstić information content (AvgIpc) is 3.29. The Morgan fingerprint density at radius 1 is 0.688 bits per heavy atom. The molecule has 456 valence electrons. The lowest BCUT2D eigenvalue weighted by Gasteiger charge is -2.24. The second-order valence-electron chi connectivity index (χ2n) is 18.6. The molecule has 23 heteroatoms. The molecule has 0 aliphatic heterocycles. The number of nitrogens with one attached hydrogen (secondary N) is 3. The summed E-state index contributed by atoms with van der Waals surface area (Å²) in [5, 5.41) is 13.2. The van der Waals surface area contributed by atoms with Crippen LogP contribution in [0, 0.1) is 5.92 Å². The number of carbonyl (C=O) groups excluding carboxylic acids is 4. The Morgan fingerprint density at radius 3 is 1.91 bits per heavy atom. The average molecular weight is 1180 g/mol. The fourth-order valence-electron chi connectivity index (χ4n) is 5.11. The van der Waals surface area contributed by atoms with Crippen LogP contribution in [0.25, 0.3) is 10.4 Å². The number of nitrogens with zero attached hydrogens (tertiary/aromatic N) is 3. The second-order valence-corrected chi connectivity index (χ2v) is 24.1. The Kier molecular flexibility index (Phi) is 62.6. The zero-order valence-electron chi connectivity index (χ0n) is 46.4. The number of ether oxygens (including phenoxy) is 9. The van der Waals surface area contributed by atoms with Gasteiger partial charge in [0.2, 0.25) is 0 Å². The van der Waals surface area contributed by atoms with Crippen molar-refractivity contribution in [1.29, 1.82) is 0 Å². The molecule has 0 aromatic heterocycles. The minimum atomic E-state index is -0.889. The third kappa shape index (κ3) is 62.2. The smallest absolute Gasteiger partial charge is 0.491 e. The first kappa shape index (κ1) is 85.4. The molecule has 1 amide bonds. The van der Waals surface area contributed by atoms with Crippen LogP contribution in [0.3, 0.4) is 0 Å². The van der Waals surface area contributed by atoms with Crippen molar-refractivity contribution in [1.82, 2.24) is 16.0 Å². The van der Waals surface area contributed by atoms with Crippen LogP contribution >= 0.6 is 43.2 Å². The maximum Gasteiger partial charge on any atom is 0.508 e. The van der Waals surface area contributed by atoms with Crippen molar-refractivity contribution in [2.24, 2.45) is 11.0 Å². The third-order valence-corrected chi connectivity index (χ3v) is 13.5. The Hall–Kier alpha value is -2.83. The van der Waals surface area contributed by atoms with Crippen molar-refractivity contribution in [2.45, 2.75) is 200 Å². The van der Waals surface area contributed by atoms with Crippen LogP contribution in [-0.2, 0) is 47.5 Å². The van der Waals surface area contributed by atoms with E-state index in [1.165, 1.54) is 0 Å². The van der Waals surface area contributed by atoms with Gasteiger partial charge in [-0.25, -0.2) is 9.59 Å². The van der Waals surface area contributed by atoms with Crippen LogP contribution in [0.2, 0.25) is 0 Å². The number of rotatable bonds is 40. The number of hydrogen-bond donors (Lipinski definition) is 3. The maximum atomic E-state index is 12.3. The van der Waals surface area contributed by atoms with E-state index in [1.807, 2.05) is 24.6 Å². The first-order valence-corrected chi connectivity index (χ1v) is 30.0. The van der Waals surface area contributed by atoms with Gasteiger partial charge in [-0.2, -0.15) is 0 Å². The molecule has 1 unspecified atom stereocenters. The molecule has 0 radical (unpaired) electrons. The van der Waals surface area contributed by atoms with E-state index in [2.05, 4.69) is 81.4 Å². The number of hydrogen-bond acceptors (Lipinski definition) is 20. The van der Waals surface area contributed by atoms with E-state index >= 15 is 0 Å². The summed E-state index contributed by atoms with van der Waals surface area (Å²) in [6.45, 7) is 32.0. The highest BCUT2D eigenvalue weighted by molar-refractivity contribution is 8.77. The largest absolute Gasteiger partial charge is 0.508 e. The highest BCUT2D eigenvalue weighted by atomic mass is 33.1. The molecule has 0 aliphatic carbocycles. The number of amides is 1. The van der Waals surface area contributed by atoms with Crippen molar-refractivity contribution in [3.05, 3.63) is 40.3 Å². The van der Waals surface area contributed by atoms with Gasteiger partial charge in [-0.15, -0.1) is 0 Å². The second kappa shape index (κ2) is 56.4. The Labute approximate surface area is 483 Å². The van der Waals surface area contributed by atoms with E-state index < -0.39 is 18.4 Å². The minimum absolute atomic E-state index is 0. The van der Waals surface area contributed by atoms with E-state index in [9.17, 15) is 19.2 Å². The Balaban J connectivity index is -0.000000249. The summed E-state index contributed by atoms with van der Waals surface area (Å²) in [5.41, 5.74) is 9.21. The summed E-state index contributed by atoms with van der Waals surface area (Å²) in [7, 11) is 7.02. The van der Waals surface area contributed by atoms with Crippen LogP contribution in [0.1, 0.15) is 169 Å². The molecule has 1 rings (SSSR count). The summed E-state index contributed by atoms with van der Waals surface area (Å²) < 4.78 is 46.9. The van der Waals surface area contributed by atoms with Crippen LogP contribution in [0.4, 0.5) is 4.79 Å². The summed E-state index contributed by atoms with van der Waals surface area (Å²) in [5.74, 6) is 2.68. The molecule has 19 nitrogen and oxygen atoms in total. The zero-order chi connectivity index (χ0) is 55.3. The number of unbranched alkanes of at least 4 members (excludes halogenated alkanes) is 1. The highest BCUT2D eigenvalue weighted by Crippen LogP contribution is 2.35. The quantitative estimate of drug-likeness (QED) is 0.00809. The molecule has 77 heavy (non-hydrogen) atoms. The van der Waals surface area contributed by atoms with Gasteiger partial charge in [0.1, 0.15) is 37.4 Å². The summed E-state index contributed by atoms with van der Waals surface area (Å²) >= 11 is 0. The van der Waals surface area contributed by atoms with Crippen LogP contribution in [0.5, 0.6) is 5.75 Å². The predicted octanol–water partition coefficient (Wildman–Crippen LogP) is 13.5. The van der Waals surface area contributed by atoms with Crippen LogP contribution in [0.15, 0.2) is 29.4 Å². The van der Waals surface area contributed by atoms with E-state index in [4.69, 9.17) is 48.2 Å². The lowest BCUT2D eigenvalue weighted by Crippen LogP contribution is -2.35. The molecule has 0 spiro atoms. The monoisotopic (exact) mass is 1180 g/mol. The van der Waals surface area contributed by atoms with E-state index in [0.717, 1.165) is 44.5 Å². The topological polar surface area (TPSA) is 236 Å². The molecule has 3 N–H and O–H groups in total. The molecular formula is C54H108N6O13S4. The van der Waals surface area contributed by atoms with Gasteiger partial charge in [0, 0.05) is 65.7 Å². The van der Waals surface area contributed by atoms with Gasteiger partial charge >= 0.3 is 18.1 Å². The predicted molar refractivity (Wildman–Crippen MR) is 326 cm³/mol. The molecule has 0 bridgehead atoms. The standard InChI is InChI=1S/C22H34N4O6.C14H29NO4S2.C14H29NO3S2.4CH4/c1-16(2)7-6-10-24-22(28)18-8-5-9-19(13-18)31-14-20(25-26-23)30-12-11-29-15-21(27)32-17(3)4;1-11(2)15-9-14(5,6)21-20-10-17-7-8-18-13(16)19-12(3)4;1-12(2)15-8-10-19-20-11-17-9-6-5-7-14(16)18-13(3)4;;;;/h5,8-9,13,16-17,20H,6-7,10-12,14-15H2,1-4H3,(H,24,28);11-12,15H,7-10H2,1-6H3;12-13,15H,5-11H2,1-4H3;4*1H4. The minimum Gasteiger partial charge on any atom is -0.491 e. The van der Waals surface area contributed by atoms with Crippen molar-refractivity contribution >= 4 is 67.2 Å². The maximum absolute atomic E-state index is 12.3. The van der Waals surface area contributed by atoms with E-state index in [0.29, 0.717) is 67.4 Å². The molecule has 0 fully saturated rings. The molecule has 0 aliphatic rings. The Bertz CT molecular complexity index is 1610. The summed E-state index contributed by atoms with van der Waals surface area (Å²) in [6, 6.07) is 7.79. The van der Waals surface area contributed by atoms with Gasteiger partial charge in [0.15, 0.2) is 6.23 Å². The third-order valence-electron chi connectivity index (χ3n) is 8.41. The van der Waals surface area contributed by atoms with Crippen molar-refractivity contribution in [2.75, 3.05) is 83.5 Å². The molecule has 1 aromatic rings. The SMILES string of the molecule is C.C.C.C.CC(C)CCCNC(=O)c1cccc(OCC(N=[N+]=[N-])OCCOCC(=O)OC(C)C)c1.CC(C)NCC(C)(C)SSCOCCOC(=O)OC(C)C.CC(C)NCCSSCOCCCCC(=O)OC(C)C. The number of carbonyl (C=O) groups is 4. The van der Waals surface area contributed by atoms with Gasteiger partial charge in [0.25, 0.3) is 5.91 Å². The number of benzene rings is 1. The molecule has 0 saturated heterocycles. The van der Waals surface area contributed by atoms with Gasteiger partial charge in [-0.3, -0.25) is 9.59 Å². The van der Waals surface area contributed by atoms with Gasteiger partial charge in [-0.05, 0) is 111 Å². The molecule has 1 aromatic carbocycles. The van der Waals surface area contributed by atoms with Gasteiger partial charge in [0.05, 0.1) is 38.1 Å². The molecule has 1 atom stereocenters. The summed E-state index contributed by atoms with van der Waals surface area (Å²) in [4.78, 5) is 48.8. The fourth-order valence-corrected chi connectivity index (χ4v) is 8.88. The van der Waals surface area contributed by atoms with Crippen LogP contribution < -0.4 is 20.7 Å². The van der Waals surface area contributed by atoms with Crippen molar-refractivity contribution in [3.63, 3.8) is 0 Å². The van der Waals surface area contributed by atoms with Crippen molar-refractivity contribution in [3.8, 4) is 5.75 Å². The molecule has 0 heterocycles. The zero-order valence-corrected chi connectivity index (χ0v) is 49.6. The normalized spacial score (nSPS) is 11.1. The number of esters is 2. The lowest BCUT2D eigenvalue weighted by molar-refractivity contribution is -0.153. The number of azide groups is 1. The van der Waals surface area contributed by atoms with Gasteiger partial charge in [-0.1, -0.05) is 126 Å². The first-order chi connectivity index (χ1) is 34.6. The van der Waals surface area contributed by atoms with Gasteiger partial charge < -0.3 is 58.6 Å². The fraction of sp³-hybridized carbons (Fsp3) is 0.815. The first-order valence-electron chi connectivity index (χ1n) is 25.2. The molecular weight excluding hydrogens is 1070 g/mol. The van der Waals surface area contributed by atoms with Crippen LogP contribution in [-0.4, -0.2) is 149 Å². The van der Waals surface area contributed by atoms with E-state index in [-0.39, 0.29) is 97.7 Å². The highest BCUT2D eigenvalue weighted by Gasteiger charge is 2.19. The van der Waals surface area contributed by atoms with E-state index in [1.54, 1.807) is 84.3 Å². The lowest BCUT2D eigenvalue weighted by atomic mass is 10.1. The Morgan fingerprint density at radius 2 is 1.30 bits per heavy atom. The van der Waals surface area contributed by atoms with Crippen molar-refractivity contribution < 1.29 is 61.8 Å². The summed E-state index contributed by atoms with van der Waals surface area (Å²) in [6.07, 6.45) is 2.30. The molecule has 0 saturated carbocycles.